The zero-order valence-corrected chi connectivity index (χ0v) is 15.3. The van der Waals surface area contributed by atoms with Crippen LogP contribution in [0.25, 0.3) is 21.8 Å². The summed E-state index contributed by atoms with van der Waals surface area (Å²) < 4.78 is 5.36. The van der Waals surface area contributed by atoms with Crippen LogP contribution in [-0.2, 0) is 0 Å². The fourth-order valence-corrected chi connectivity index (χ4v) is 2.77. The third-order valence-electron chi connectivity index (χ3n) is 3.93. The first-order valence-electron chi connectivity index (χ1n) is 8.18. The molecule has 6 heteroatoms. The maximum atomic E-state index is 9.30. The summed E-state index contributed by atoms with van der Waals surface area (Å²) in [6, 6.07) is 14.0. The van der Waals surface area contributed by atoms with Gasteiger partial charge in [0, 0.05) is 30.4 Å². The highest BCUT2D eigenvalue weighted by Crippen LogP contribution is 2.32. The molecule has 0 amide bonds. The highest BCUT2D eigenvalue weighted by atomic mass is 35.5. The Morgan fingerprint density at radius 1 is 1.08 bits per heavy atom. The molecule has 1 aromatic heterocycles. The van der Waals surface area contributed by atoms with Crippen molar-refractivity contribution >= 4 is 39.9 Å². The maximum absolute atomic E-state index is 9.30. The number of anilines is 1. The summed E-state index contributed by atoms with van der Waals surface area (Å²) in [5, 5.41) is 18.2. The Labute approximate surface area is 153 Å². The minimum atomic E-state index is -0.336. The van der Waals surface area contributed by atoms with Crippen molar-refractivity contribution in [2.24, 2.45) is 0 Å². The Morgan fingerprint density at radius 3 is 2.60 bits per heavy atom. The summed E-state index contributed by atoms with van der Waals surface area (Å²) >= 11 is 0. The number of methoxy groups -OCH3 is 1. The lowest BCUT2D eigenvalue weighted by Crippen LogP contribution is -2.29. The molecule has 0 radical (unpaired) electrons. The van der Waals surface area contributed by atoms with Gasteiger partial charge in [0.1, 0.15) is 5.75 Å². The Morgan fingerprint density at radius 2 is 1.84 bits per heavy atom. The fourth-order valence-electron chi connectivity index (χ4n) is 2.77. The molecular weight excluding hydrogens is 338 g/mol. The number of para-hydroxylation sites is 1. The van der Waals surface area contributed by atoms with Gasteiger partial charge in [0.25, 0.3) is 0 Å². The first-order chi connectivity index (χ1) is 11.7. The van der Waals surface area contributed by atoms with Crippen LogP contribution in [0.3, 0.4) is 0 Å². The molecule has 5 nitrogen and oxygen atoms in total. The number of pyridine rings is 1. The minimum absolute atomic E-state index is 0. The number of aliphatic hydroxyl groups excluding tert-OH is 1. The summed E-state index contributed by atoms with van der Waals surface area (Å²) in [7, 11) is 1.67. The third kappa shape index (κ3) is 4.51. The molecule has 0 saturated heterocycles. The molecule has 0 aliphatic heterocycles. The van der Waals surface area contributed by atoms with Crippen LogP contribution in [0.4, 0.5) is 5.69 Å². The Hall–Kier alpha value is -2.08. The van der Waals surface area contributed by atoms with Crippen molar-refractivity contribution in [2.45, 2.75) is 13.0 Å². The van der Waals surface area contributed by atoms with Gasteiger partial charge in [-0.3, -0.25) is 0 Å². The van der Waals surface area contributed by atoms with Crippen molar-refractivity contribution in [2.75, 3.05) is 32.1 Å². The molecule has 1 unspecified atom stereocenters. The van der Waals surface area contributed by atoms with Crippen LogP contribution in [-0.4, -0.2) is 42.9 Å². The molecule has 3 N–H and O–H groups in total. The van der Waals surface area contributed by atoms with E-state index in [1.165, 1.54) is 0 Å². The van der Waals surface area contributed by atoms with Crippen LogP contribution in [0, 0.1) is 0 Å². The highest BCUT2D eigenvalue weighted by Gasteiger charge is 2.09. The van der Waals surface area contributed by atoms with Gasteiger partial charge < -0.3 is 20.5 Å². The Kier molecular flexibility index (Phi) is 6.82. The molecule has 2 aromatic carbocycles. The molecule has 3 rings (SSSR count). The number of nitrogens with zero attached hydrogens (tertiary/aromatic N) is 1. The normalized spacial score (nSPS) is 12.0. The zero-order chi connectivity index (χ0) is 16.9. The van der Waals surface area contributed by atoms with Gasteiger partial charge in [0.05, 0.1) is 29.9 Å². The number of rotatable bonds is 7. The van der Waals surface area contributed by atoms with Crippen molar-refractivity contribution in [3.05, 3.63) is 42.5 Å². The molecule has 0 aliphatic carbocycles. The minimum Gasteiger partial charge on any atom is -0.497 e. The number of hydrogen-bond acceptors (Lipinski definition) is 5. The van der Waals surface area contributed by atoms with Gasteiger partial charge >= 0.3 is 0 Å². The monoisotopic (exact) mass is 361 g/mol. The Balaban J connectivity index is 0.00000225. The van der Waals surface area contributed by atoms with E-state index >= 15 is 0 Å². The predicted molar refractivity (Wildman–Crippen MR) is 106 cm³/mol. The predicted octanol–water partition coefficient (Wildman–Crippen LogP) is 3.20. The quantitative estimate of drug-likeness (QED) is 0.445. The van der Waals surface area contributed by atoms with Crippen LogP contribution in [0.2, 0.25) is 0 Å². The number of halogens is 1. The van der Waals surface area contributed by atoms with E-state index in [4.69, 9.17) is 9.72 Å². The summed E-state index contributed by atoms with van der Waals surface area (Å²) in [5.74, 6) is 0.815. The third-order valence-corrected chi connectivity index (χ3v) is 3.93. The largest absolute Gasteiger partial charge is 0.497 e. The number of aliphatic hydroxyl groups is 1. The number of aromatic nitrogens is 1. The zero-order valence-electron chi connectivity index (χ0n) is 14.5. The average Bonchev–Trinajstić information content (AvgIpc) is 2.60. The van der Waals surface area contributed by atoms with Gasteiger partial charge in [-0.15, -0.1) is 12.4 Å². The molecular formula is C19H24ClN3O2. The lowest BCUT2D eigenvalue weighted by Gasteiger charge is -2.14. The van der Waals surface area contributed by atoms with E-state index in [2.05, 4.69) is 16.7 Å². The van der Waals surface area contributed by atoms with Crippen LogP contribution in [0.15, 0.2) is 42.5 Å². The first-order valence-corrected chi connectivity index (χ1v) is 8.18. The molecule has 0 fully saturated rings. The van der Waals surface area contributed by atoms with Gasteiger partial charge in [0.15, 0.2) is 0 Å². The lowest BCUT2D eigenvalue weighted by atomic mass is 10.1. The van der Waals surface area contributed by atoms with Gasteiger partial charge in [-0.25, -0.2) is 4.98 Å². The molecule has 3 aromatic rings. The molecule has 0 spiro atoms. The molecule has 0 aliphatic rings. The van der Waals surface area contributed by atoms with E-state index in [-0.39, 0.29) is 18.5 Å². The second kappa shape index (κ2) is 8.85. The van der Waals surface area contributed by atoms with E-state index in [1.54, 1.807) is 14.0 Å². The summed E-state index contributed by atoms with van der Waals surface area (Å²) in [4.78, 5) is 4.74. The van der Waals surface area contributed by atoms with Gasteiger partial charge in [-0.05, 0) is 31.2 Å². The van der Waals surface area contributed by atoms with E-state index < -0.39 is 0 Å². The van der Waals surface area contributed by atoms with Crippen LogP contribution in [0.1, 0.15) is 6.92 Å². The highest BCUT2D eigenvalue weighted by molar-refractivity contribution is 6.07. The van der Waals surface area contributed by atoms with Crippen LogP contribution < -0.4 is 15.4 Å². The van der Waals surface area contributed by atoms with E-state index in [0.717, 1.165) is 46.3 Å². The summed E-state index contributed by atoms with van der Waals surface area (Å²) in [6.45, 7) is 3.89. The van der Waals surface area contributed by atoms with Gasteiger partial charge in [-0.2, -0.15) is 0 Å². The van der Waals surface area contributed by atoms with E-state index in [1.807, 2.05) is 36.4 Å². The summed E-state index contributed by atoms with van der Waals surface area (Å²) in [6.07, 6.45) is -0.336. The lowest BCUT2D eigenvalue weighted by molar-refractivity contribution is 0.192. The second-order valence-electron chi connectivity index (χ2n) is 5.87. The van der Waals surface area contributed by atoms with Gasteiger partial charge in [0.2, 0.25) is 0 Å². The van der Waals surface area contributed by atoms with E-state index in [0.29, 0.717) is 6.54 Å². The standard InChI is InChI=1S/C19H23N3O2.ClH/c1-13(23)12-20-9-10-21-19-15-5-3-4-6-17(15)22-18-8-7-14(24-2)11-16(18)19;/h3-8,11,13,20,23H,9-10,12H2,1-2H3,(H,21,22);1H. The topological polar surface area (TPSA) is 66.4 Å². The van der Waals surface area contributed by atoms with Crippen LogP contribution >= 0.6 is 12.4 Å². The smallest absolute Gasteiger partial charge is 0.119 e. The first kappa shape index (κ1) is 19.2. The van der Waals surface area contributed by atoms with Crippen molar-refractivity contribution < 1.29 is 9.84 Å². The SMILES string of the molecule is COc1ccc2nc3ccccc3c(NCCNCC(C)O)c2c1.Cl. The van der Waals surface area contributed by atoms with Crippen molar-refractivity contribution in [1.29, 1.82) is 0 Å². The molecule has 134 valence electrons. The molecule has 0 saturated carbocycles. The Bertz CT molecular complexity index is 839. The van der Waals surface area contributed by atoms with Crippen LogP contribution in [0.5, 0.6) is 5.75 Å². The maximum Gasteiger partial charge on any atom is 0.119 e. The fraction of sp³-hybridized carbons (Fsp3) is 0.316. The number of nitrogens with one attached hydrogen (secondary N) is 2. The van der Waals surface area contributed by atoms with Crippen molar-refractivity contribution in [1.82, 2.24) is 10.3 Å². The molecule has 1 atom stereocenters. The summed E-state index contributed by atoms with van der Waals surface area (Å²) in [5.41, 5.74) is 2.97. The second-order valence-corrected chi connectivity index (χ2v) is 5.87. The van der Waals surface area contributed by atoms with Gasteiger partial charge in [-0.1, -0.05) is 18.2 Å². The molecule has 1 heterocycles. The number of hydrogen-bond donors (Lipinski definition) is 3. The molecule has 25 heavy (non-hydrogen) atoms. The molecule has 0 bridgehead atoms. The van der Waals surface area contributed by atoms with E-state index in [9.17, 15) is 5.11 Å². The number of ether oxygens (including phenoxy) is 1. The average molecular weight is 362 g/mol. The van der Waals surface area contributed by atoms with Crippen molar-refractivity contribution in [3.63, 3.8) is 0 Å². The number of benzene rings is 2. The number of fused-ring (bicyclic) bond motifs is 2. The van der Waals surface area contributed by atoms with Crippen molar-refractivity contribution in [3.8, 4) is 5.75 Å².